The van der Waals surface area contributed by atoms with Gasteiger partial charge >= 0.3 is 5.97 Å². The van der Waals surface area contributed by atoms with Crippen LogP contribution >= 0.6 is 11.8 Å². The van der Waals surface area contributed by atoms with Gasteiger partial charge in [0, 0.05) is 28.6 Å². The third-order valence-electron chi connectivity index (χ3n) is 3.50. The van der Waals surface area contributed by atoms with Crippen LogP contribution in [0.25, 0.3) is 0 Å². The zero-order valence-electron chi connectivity index (χ0n) is 13.5. The van der Waals surface area contributed by atoms with E-state index < -0.39 is 0 Å². The van der Waals surface area contributed by atoms with Gasteiger partial charge in [-0.25, -0.2) is 0 Å². The largest absolute Gasteiger partial charge is 0.469 e. The molecule has 0 aliphatic heterocycles. The lowest BCUT2D eigenvalue weighted by molar-refractivity contribution is -0.140. The number of ether oxygens (including phenoxy) is 1. The summed E-state index contributed by atoms with van der Waals surface area (Å²) >= 11 is 1.72. The number of carbonyl (C=O) groups excluding carboxylic acids is 1. The van der Waals surface area contributed by atoms with Crippen LogP contribution in [-0.2, 0) is 15.3 Å². The van der Waals surface area contributed by atoms with E-state index in [4.69, 9.17) is 5.73 Å². The van der Waals surface area contributed by atoms with Gasteiger partial charge in [-0.3, -0.25) is 4.79 Å². The fourth-order valence-corrected chi connectivity index (χ4v) is 3.04. The average molecular weight is 330 g/mol. The van der Waals surface area contributed by atoms with E-state index in [9.17, 15) is 4.79 Å². The van der Waals surface area contributed by atoms with E-state index in [1.807, 2.05) is 37.3 Å². The van der Waals surface area contributed by atoms with Crippen molar-refractivity contribution in [2.45, 2.75) is 19.1 Å². The predicted molar refractivity (Wildman–Crippen MR) is 98.1 cm³/mol. The Bertz CT molecular complexity index is 674. The fourth-order valence-electron chi connectivity index (χ4n) is 2.12. The Kier molecular flexibility index (Phi) is 6.35. The summed E-state index contributed by atoms with van der Waals surface area (Å²) in [6, 6.07) is 14.1. The summed E-state index contributed by atoms with van der Waals surface area (Å²) in [4.78, 5) is 11.1. The number of rotatable bonds is 7. The maximum atomic E-state index is 11.1. The summed E-state index contributed by atoms with van der Waals surface area (Å²) in [5, 5.41) is 3.44. The molecule has 3 N–H and O–H groups in total. The molecule has 0 aromatic heterocycles. The number of hydrogen-bond acceptors (Lipinski definition) is 5. The summed E-state index contributed by atoms with van der Waals surface area (Å²) in [5.41, 5.74) is 11.0. The second-order valence-corrected chi connectivity index (χ2v) is 6.34. The first-order chi connectivity index (χ1) is 11.1. The normalized spacial score (nSPS) is 10.3. The van der Waals surface area contributed by atoms with Crippen LogP contribution < -0.4 is 11.1 Å². The van der Waals surface area contributed by atoms with Gasteiger partial charge in [0.15, 0.2) is 0 Å². The zero-order valence-corrected chi connectivity index (χ0v) is 14.3. The van der Waals surface area contributed by atoms with Gasteiger partial charge < -0.3 is 15.8 Å². The molecule has 4 nitrogen and oxygen atoms in total. The minimum Gasteiger partial charge on any atom is -0.469 e. The Labute approximate surface area is 141 Å². The lowest BCUT2D eigenvalue weighted by Crippen LogP contribution is -2.01. The number of para-hydroxylation sites is 1. The third-order valence-corrected chi connectivity index (χ3v) is 4.51. The molecule has 0 saturated heterocycles. The molecule has 0 fully saturated rings. The van der Waals surface area contributed by atoms with E-state index >= 15 is 0 Å². The molecule has 0 heterocycles. The first-order valence-corrected chi connectivity index (χ1v) is 8.61. The first-order valence-electron chi connectivity index (χ1n) is 7.46. The van der Waals surface area contributed by atoms with Crippen molar-refractivity contribution in [2.24, 2.45) is 0 Å². The van der Waals surface area contributed by atoms with E-state index in [2.05, 4.69) is 22.2 Å². The van der Waals surface area contributed by atoms with Crippen molar-refractivity contribution in [1.82, 2.24) is 0 Å². The number of esters is 1. The Hall–Kier alpha value is -2.14. The summed E-state index contributed by atoms with van der Waals surface area (Å²) in [7, 11) is 1.42. The van der Waals surface area contributed by atoms with E-state index in [1.165, 1.54) is 12.7 Å². The van der Waals surface area contributed by atoms with Crippen LogP contribution in [0, 0.1) is 6.92 Å². The molecule has 2 aromatic carbocycles. The number of carbonyl (C=O) groups is 1. The van der Waals surface area contributed by atoms with Gasteiger partial charge in [0.05, 0.1) is 13.5 Å². The molecule has 5 heteroatoms. The summed E-state index contributed by atoms with van der Waals surface area (Å²) < 4.78 is 4.65. The molecule has 23 heavy (non-hydrogen) atoms. The second-order valence-electron chi connectivity index (χ2n) is 5.23. The summed E-state index contributed by atoms with van der Waals surface area (Å²) in [6.45, 7) is 2.00. The Morgan fingerprint density at radius 1 is 1.26 bits per heavy atom. The topological polar surface area (TPSA) is 64.3 Å². The zero-order chi connectivity index (χ0) is 16.7. The Morgan fingerprint density at radius 2 is 2.04 bits per heavy atom. The van der Waals surface area contributed by atoms with Gasteiger partial charge in [-0.15, -0.1) is 0 Å². The van der Waals surface area contributed by atoms with Crippen molar-refractivity contribution in [2.75, 3.05) is 23.9 Å². The summed E-state index contributed by atoms with van der Waals surface area (Å²) in [6.07, 6.45) is 0.438. The number of anilines is 3. The molecular weight excluding hydrogens is 308 g/mol. The molecule has 0 spiro atoms. The van der Waals surface area contributed by atoms with Crippen molar-refractivity contribution >= 4 is 34.8 Å². The Morgan fingerprint density at radius 3 is 2.78 bits per heavy atom. The number of nitrogens with one attached hydrogen (secondary N) is 1. The molecule has 0 aliphatic rings. The average Bonchev–Trinajstić information content (AvgIpc) is 2.56. The number of methoxy groups -OCH3 is 1. The molecule has 0 atom stereocenters. The predicted octanol–water partition coefficient (Wildman–Crippen LogP) is 4.12. The third kappa shape index (κ3) is 5.21. The highest BCUT2D eigenvalue weighted by molar-refractivity contribution is 7.98. The smallest absolute Gasteiger partial charge is 0.306 e. The van der Waals surface area contributed by atoms with Crippen molar-refractivity contribution in [1.29, 1.82) is 0 Å². The Balaban J connectivity index is 1.99. The van der Waals surface area contributed by atoms with E-state index in [0.29, 0.717) is 6.42 Å². The second kappa shape index (κ2) is 8.48. The number of nitrogen functional groups attached to an aromatic ring is 1. The van der Waals surface area contributed by atoms with E-state index in [0.717, 1.165) is 34.1 Å². The van der Waals surface area contributed by atoms with Gasteiger partial charge in [0.1, 0.15) is 0 Å². The summed E-state index contributed by atoms with van der Waals surface area (Å²) in [5.74, 6) is 1.43. The lowest BCUT2D eigenvalue weighted by atomic mass is 10.1. The van der Waals surface area contributed by atoms with Crippen LogP contribution in [0.15, 0.2) is 42.5 Å². The standard InChI is InChI=1S/C18H22N2O2S/c1-13-11-15(7-8-16(13)19)20-17-6-4-3-5-14(17)12-23-10-9-18(21)22-2/h3-8,11,20H,9-10,12,19H2,1-2H3. The molecule has 0 unspecified atom stereocenters. The molecule has 0 aliphatic carbocycles. The van der Waals surface area contributed by atoms with Gasteiger partial charge in [-0.05, 0) is 42.3 Å². The first kappa shape index (κ1) is 17.2. The molecule has 0 saturated carbocycles. The quantitative estimate of drug-likeness (QED) is 0.454. The fraction of sp³-hybridized carbons (Fsp3) is 0.278. The van der Waals surface area contributed by atoms with E-state index in [-0.39, 0.29) is 5.97 Å². The molecule has 0 amide bonds. The van der Waals surface area contributed by atoms with Crippen molar-refractivity contribution in [3.8, 4) is 0 Å². The van der Waals surface area contributed by atoms with E-state index in [1.54, 1.807) is 11.8 Å². The van der Waals surface area contributed by atoms with Crippen LogP contribution in [0.3, 0.4) is 0 Å². The number of thioether (sulfide) groups is 1. The minimum absolute atomic E-state index is 0.166. The van der Waals surface area contributed by atoms with Gasteiger partial charge in [-0.2, -0.15) is 11.8 Å². The van der Waals surface area contributed by atoms with Crippen LogP contribution in [0.1, 0.15) is 17.5 Å². The number of hydrogen-bond donors (Lipinski definition) is 2. The highest BCUT2D eigenvalue weighted by Crippen LogP contribution is 2.26. The highest BCUT2D eigenvalue weighted by Gasteiger charge is 2.05. The van der Waals surface area contributed by atoms with Crippen molar-refractivity contribution in [3.05, 3.63) is 53.6 Å². The molecular formula is C18H22N2O2S. The monoisotopic (exact) mass is 330 g/mol. The number of nitrogens with two attached hydrogens (primary N) is 1. The van der Waals surface area contributed by atoms with Crippen LogP contribution in [0.4, 0.5) is 17.1 Å². The maximum absolute atomic E-state index is 11.1. The van der Waals surface area contributed by atoms with Crippen LogP contribution in [0.2, 0.25) is 0 Å². The molecule has 122 valence electrons. The number of benzene rings is 2. The van der Waals surface area contributed by atoms with Crippen molar-refractivity contribution in [3.63, 3.8) is 0 Å². The van der Waals surface area contributed by atoms with Crippen LogP contribution in [-0.4, -0.2) is 18.8 Å². The maximum Gasteiger partial charge on any atom is 0.306 e. The van der Waals surface area contributed by atoms with Gasteiger partial charge in [-0.1, -0.05) is 18.2 Å². The van der Waals surface area contributed by atoms with Gasteiger partial charge in [0.25, 0.3) is 0 Å². The lowest BCUT2D eigenvalue weighted by Gasteiger charge is -2.13. The molecule has 2 aromatic rings. The number of aryl methyl sites for hydroxylation is 1. The SMILES string of the molecule is COC(=O)CCSCc1ccccc1Nc1ccc(N)c(C)c1. The molecule has 0 radical (unpaired) electrons. The van der Waals surface area contributed by atoms with Crippen LogP contribution in [0.5, 0.6) is 0 Å². The highest BCUT2D eigenvalue weighted by atomic mass is 32.2. The van der Waals surface area contributed by atoms with Crippen molar-refractivity contribution < 1.29 is 9.53 Å². The molecule has 0 bridgehead atoms. The molecule has 2 rings (SSSR count). The minimum atomic E-state index is -0.166. The van der Waals surface area contributed by atoms with Gasteiger partial charge in [0.2, 0.25) is 0 Å².